The first kappa shape index (κ1) is 12.4. The van der Waals surface area contributed by atoms with Gasteiger partial charge in [0.1, 0.15) is 0 Å². The maximum Gasteiger partial charge on any atom is 0.306 e. The molecule has 0 aliphatic carbocycles. The number of likely N-dealkylation sites (tertiary alicyclic amines) is 1. The molecule has 0 saturated carbocycles. The Morgan fingerprint density at radius 1 is 1.47 bits per heavy atom. The van der Waals surface area contributed by atoms with Gasteiger partial charge in [-0.15, -0.1) is 0 Å². The van der Waals surface area contributed by atoms with Crippen LogP contribution in [0.25, 0.3) is 0 Å². The van der Waals surface area contributed by atoms with E-state index in [-0.39, 0.29) is 11.4 Å². The van der Waals surface area contributed by atoms with Gasteiger partial charge in [0, 0.05) is 5.41 Å². The lowest BCUT2D eigenvalue weighted by molar-refractivity contribution is -0.146. The fourth-order valence-corrected chi connectivity index (χ4v) is 2.02. The van der Waals surface area contributed by atoms with Crippen molar-refractivity contribution >= 4 is 5.97 Å². The summed E-state index contributed by atoms with van der Waals surface area (Å²) in [4.78, 5) is 18.3. The Kier molecular flexibility index (Phi) is 4.50. The van der Waals surface area contributed by atoms with Crippen LogP contribution in [0.15, 0.2) is 0 Å². The maximum atomic E-state index is 11.3. The van der Waals surface area contributed by atoms with Crippen molar-refractivity contribution in [2.45, 2.75) is 19.3 Å². The molecule has 88 valence electrons. The molecule has 0 aromatic carbocycles. The lowest BCUT2D eigenvalue weighted by atomic mass is 9.76. The van der Waals surface area contributed by atoms with E-state index in [1.165, 1.54) is 7.11 Å². The van der Waals surface area contributed by atoms with Crippen molar-refractivity contribution in [1.29, 1.82) is 0 Å². The highest BCUT2D eigenvalue weighted by Crippen LogP contribution is 2.35. The van der Waals surface area contributed by atoms with Gasteiger partial charge in [0.05, 0.1) is 20.1 Å². The van der Waals surface area contributed by atoms with Crippen molar-refractivity contribution < 1.29 is 14.4 Å². The SMILES string of the molecule is COC(=O)CC1(CON)CCN(C)CC1. The molecule has 0 radical (unpaired) electrons. The average Bonchev–Trinajstić information content (AvgIpc) is 2.23. The van der Waals surface area contributed by atoms with Gasteiger partial charge in [-0.05, 0) is 33.0 Å². The van der Waals surface area contributed by atoms with Crippen LogP contribution in [0.5, 0.6) is 0 Å². The molecule has 0 aromatic rings. The van der Waals surface area contributed by atoms with E-state index in [2.05, 4.69) is 11.9 Å². The van der Waals surface area contributed by atoms with Crippen LogP contribution in [0.3, 0.4) is 0 Å². The minimum absolute atomic E-state index is 0.131. The van der Waals surface area contributed by atoms with Crippen LogP contribution in [0.1, 0.15) is 19.3 Å². The Morgan fingerprint density at radius 2 is 2.07 bits per heavy atom. The lowest BCUT2D eigenvalue weighted by Gasteiger charge is -2.39. The Bertz CT molecular complexity index is 213. The summed E-state index contributed by atoms with van der Waals surface area (Å²) in [5, 5.41) is 0. The zero-order valence-corrected chi connectivity index (χ0v) is 9.49. The molecule has 5 heteroatoms. The second-order valence-corrected chi connectivity index (χ2v) is 4.37. The third kappa shape index (κ3) is 3.44. The van der Waals surface area contributed by atoms with Gasteiger partial charge >= 0.3 is 5.97 Å². The van der Waals surface area contributed by atoms with Crippen molar-refractivity contribution in [3.8, 4) is 0 Å². The zero-order valence-electron chi connectivity index (χ0n) is 9.49. The summed E-state index contributed by atoms with van der Waals surface area (Å²) in [5.41, 5.74) is -0.131. The summed E-state index contributed by atoms with van der Waals surface area (Å²) >= 11 is 0. The van der Waals surface area contributed by atoms with E-state index in [1.807, 2.05) is 0 Å². The number of hydrogen-bond acceptors (Lipinski definition) is 5. The van der Waals surface area contributed by atoms with Crippen LogP contribution >= 0.6 is 0 Å². The molecular formula is C10H20N2O3. The highest BCUT2D eigenvalue weighted by atomic mass is 16.6. The molecule has 0 atom stereocenters. The second kappa shape index (κ2) is 5.44. The minimum Gasteiger partial charge on any atom is -0.469 e. The molecule has 0 aromatic heterocycles. The number of rotatable bonds is 4. The third-order valence-corrected chi connectivity index (χ3v) is 3.18. The van der Waals surface area contributed by atoms with Crippen LogP contribution in [0.4, 0.5) is 0 Å². The van der Waals surface area contributed by atoms with Crippen molar-refractivity contribution in [3.63, 3.8) is 0 Å². The summed E-state index contributed by atoms with van der Waals surface area (Å²) in [6, 6.07) is 0. The second-order valence-electron chi connectivity index (χ2n) is 4.37. The minimum atomic E-state index is -0.184. The molecule has 0 spiro atoms. The summed E-state index contributed by atoms with van der Waals surface area (Å²) in [6.07, 6.45) is 2.25. The van der Waals surface area contributed by atoms with E-state index >= 15 is 0 Å². The molecule has 2 N–H and O–H groups in total. The first-order valence-electron chi connectivity index (χ1n) is 5.19. The molecule has 5 nitrogen and oxygen atoms in total. The molecule has 0 unspecified atom stereocenters. The number of hydrogen-bond donors (Lipinski definition) is 1. The average molecular weight is 216 g/mol. The molecule has 0 amide bonds. The standard InChI is InChI=1S/C10H20N2O3/c1-12-5-3-10(4-6-12,8-15-11)7-9(13)14-2/h3-8,11H2,1-2H3. The molecule has 0 bridgehead atoms. The number of ether oxygens (including phenoxy) is 1. The van der Waals surface area contributed by atoms with Crippen molar-refractivity contribution in [2.75, 3.05) is 33.9 Å². The first-order chi connectivity index (χ1) is 7.12. The van der Waals surface area contributed by atoms with Gasteiger partial charge in [0.2, 0.25) is 0 Å². The molecule has 1 aliphatic rings. The van der Waals surface area contributed by atoms with E-state index < -0.39 is 0 Å². The molecular weight excluding hydrogens is 196 g/mol. The smallest absolute Gasteiger partial charge is 0.306 e. The van der Waals surface area contributed by atoms with E-state index in [4.69, 9.17) is 15.5 Å². The molecule has 1 rings (SSSR count). The molecule has 1 aliphatic heterocycles. The largest absolute Gasteiger partial charge is 0.469 e. The number of esters is 1. The molecule has 1 fully saturated rings. The molecule has 15 heavy (non-hydrogen) atoms. The van der Waals surface area contributed by atoms with Gasteiger partial charge in [-0.25, -0.2) is 5.90 Å². The Hall–Kier alpha value is -0.650. The lowest BCUT2D eigenvalue weighted by Crippen LogP contribution is -2.42. The quantitative estimate of drug-likeness (QED) is 0.535. The number of nitrogens with zero attached hydrogens (tertiary/aromatic N) is 1. The zero-order chi connectivity index (χ0) is 11.3. The number of piperidine rings is 1. The fraction of sp³-hybridized carbons (Fsp3) is 0.900. The monoisotopic (exact) mass is 216 g/mol. The van der Waals surface area contributed by atoms with Gasteiger partial charge in [0.25, 0.3) is 0 Å². The molecule has 1 heterocycles. The highest BCUT2D eigenvalue weighted by molar-refractivity contribution is 5.70. The third-order valence-electron chi connectivity index (χ3n) is 3.18. The Labute approximate surface area is 90.5 Å². The number of nitrogens with two attached hydrogens (primary N) is 1. The summed E-state index contributed by atoms with van der Waals surface area (Å²) in [6.45, 7) is 2.37. The van der Waals surface area contributed by atoms with E-state index in [9.17, 15) is 4.79 Å². The van der Waals surface area contributed by atoms with Gasteiger partial charge in [0.15, 0.2) is 0 Å². The van der Waals surface area contributed by atoms with E-state index in [0.29, 0.717) is 13.0 Å². The maximum absolute atomic E-state index is 11.3. The Morgan fingerprint density at radius 3 is 2.53 bits per heavy atom. The van der Waals surface area contributed by atoms with Gasteiger partial charge in [-0.2, -0.15) is 0 Å². The first-order valence-corrected chi connectivity index (χ1v) is 5.19. The van der Waals surface area contributed by atoms with Gasteiger partial charge < -0.3 is 14.5 Å². The van der Waals surface area contributed by atoms with Gasteiger partial charge in [-0.3, -0.25) is 4.79 Å². The Balaban J connectivity index is 2.58. The number of methoxy groups -OCH3 is 1. The van der Waals surface area contributed by atoms with Crippen molar-refractivity contribution in [3.05, 3.63) is 0 Å². The topological polar surface area (TPSA) is 64.8 Å². The predicted octanol–water partition coefficient (Wildman–Crippen LogP) is 0.152. The highest BCUT2D eigenvalue weighted by Gasteiger charge is 2.36. The van der Waals surface area contributed by atoms with Gasteiger partial charge in [-0.1, -0.05) is 0 Å². The summed E-state index contributed by atoms with van der Waals surface area (Å²) in [7, 11) is 3.49. The molecule has 1 saturated heterocycles. The van der Waals surface area contributed by atoms with Crippen LogP contribution in [0, 0.1) is 5.41 Å². The van der Waals surface area contributed by atoms with Crippen LogP contribution < -0.4 is 5.90 Å². The van der Waals surface area contributed by atoms with Crippen LogP contribution in [-0.4, -0.2) is 44.7 Å². The van der Waals surface area contributed by atoms with Crippen molar-refractivity contribution in [2.24, 2.45) is 11.3 Å². The number of carbonyl (C=O) groups is 1. The van der Waals surface area contributed by atoms with E-state index in [0.717, 1.165) is 25.9 Å². The number of carbonyl (C=O) groups excluding carboxylic acids is 1. The normalized spacial score (nSPS) is 21.3. The van der Waals surface area contributed by atoms with Crippen LogP contribution in [-0.2, 0) is 14.4 Å². The predicted molar refractivity (Wildman–Crippen MR) is 55.9 cm³/mol. The summed E-state index contributed by atoms with van der Waals surface area (Å²) < 4.78 is 4.70. The van der Waals surface area contributed by atoms with Crippen LogP contribution in [0.2, 0.25) is 0 Å². The van der Waals surface area contributed by atoms with Crippen molar-refractivity contribution in [1.82, 2.24) is 4.90 Å². The fourth-order valence-electron chi connectivity index (χ4n) is 2.02. The summed E-state index contributed by atoms with van der Waals surface area (Å²) in [5.74, 6) is 4.95. The van der Waals surface area contributed by atoms with E-state index in [1.54, 1.807) is 0 Å².